The molecule has 3 aromatic carbocycles. The van der Waals surface area contributed by atoms with Crippen LogP contribution in [-0.4, -0.2) is 29.1 Å². The van der Waals surface area contributed by atoms with Gasteiger partial charge in [0.25, 0.3) is 17.3 Å². The molecule has 3 rings (SSSR count). The van der Waals surface area contributed by atoms with Crippen molar-refractivity contribution in [2.75, 3.05) is 7.11 Å². The quantitative estimate of drug-likeness (QED) is 0.284. The Hall–Kier alpha value is -4.80. The van der Waals surface area contributed by atoms with Crippen LogP contribution in [0.1, 0.15) is 27.0 Å². The zero-order valence-corrected chi connectivity index (χ0v) is 18.3. The van der Waals surface area contributed by atoms with Crippen molar-refractivity contribution in [3.8, 4) is 11.5 Å². The lowest BCUT2D eigenvalue weighted by molar-refractivity contribution is -0.394. The summed E-state index contributed by atoms with van der Waals surface area (Å²) in [5.41, 5.74) is 3.32. The zero-order valence-electron chi connectivity index (χ0n) is 18.3. The van der Waals surface area contributed by atoms with Crippen LogP contribution in [0.25, 0.3) is 0 Å². The number of carbonyl (C=O) groups is 1. The Morgan fingerprint density at radius 3 is 2.32 bits per heavy atom. The van der Waals surface area contributed by atoms with E-state index < -0.39 is 27.1 Å². The first-order valence-electron chi connectivity index (χ1n) is 9.91. The summed E-state index contributed by atoms with van der Waals surface area (Å²) in [7, 11) is 1.49. The van der Waals surface area contributed by atoms with Crippen LogP contribution in [0.15, 0.2) is 65.8 Å². The number of nitro benzene ring substituents is 2. The molecule has 11 heteroatoms. The predicted octanol–water partition coefficient (Wildman–Crippen LogP) is 4.16. The number of amides is 1. The van der Waals surface area contributed by atoms with Crippen LogP contribution in [0.5, 0.6) is 11.5 Å². The average Bonchev–Trinajstić information content (AvgIpc) is 2.82. The fourth-order valence-corrected chi connectivity index (χ4v) is 3.07. The minimum absolute atomic E-state index is 0.270. The van der Waals surface area contributed by atoms with Gasteiger partial charge in [0, 0.05) is 17.7 Å². The number of para-hydroxylation sites is 1. The summed E-state index contributed by atoms with van der Waals surface area (Å²) in [4.78, 5) is 32.8. The van der Waals surface area contributed by atoms with Gasteiger partial charge in [-0.2, -0.15) is 5.10 Å². The Morgan fingerprint density at radius 1 is 1.03 bits per heavy atom. The third-order valence-corrected chi connectivity index (χ3v) is 4.65. The minimum atomic E-state index is -0.854. The highest BCUT2D eigenvalue weighted by atomic mass is 16.6. The van der Waals surface area contributed by atoms with Gasteiger partial charge < -0.3 is 9.47 Å². The molecule has 0 saturated heterocycles. The molecule has 3 aromatic rings. The van der Waals surface area contributed by atoms with Crippen molar-refractivity contribution in [1.82, 2.24) is 5.43 Å². The van der Waals surface area contributed by atoms with Crippen LogP contribution in [-0.2, 0) is 6.61 Å². The highest BCUT2D eigenvalue weighted by Crippen LogP contribution is 2.31. The number of hydrazone groups is 1. The Kier molecular flexibility index (Phi) is 7.49. The fourth-order valence-electron chi connectivity index (χ4n) is 3.07. The van der Waals surface area contributed by atoms with Gasteiger partial charge in [-0.05, 0) is 24.6 Å². The summed E-state index contributed by atoms with van der Waals surface area (Å²) in [5, 5.41) is 25.9. The molecule has 0 heterocycles. The molecule has 34 heavy (non-hydrogen) atoms. The number of ether oxygens (including phenoxy) is 2. The summed E-state index contributed by atoms with van der Waals surface area (Å²) >= 11 is 0. The van der Waals surface area contributed by atoms with E-state index in [1.165, 1.54) is 13.3 Å². The van der Waals surface area contributed by atoms with Crippen molar-refractivity contribution in [1.29, 1.82) is 0 Å². The van der Waals surface area contributed by atoms with Crippen molar-refractivity contribution >= 4 is 23.5 Å². The van der Waals surface area contributed by atoms with Gasteiger partial charge in [0.05, 0.1) is 34.8 Å². The maximum atomic E-state index is 12.4. The van der Waals surface area contributed by atoms with Crippen molar-refractivity contribution in [3.63, 3.8) is 0 Å². The highest BCUT2D eigenvalue weighted by Gasteiger charge is 2.19. The van der Waals surface area contributed by atoms with Gasteiger partial charge in [-0.15, -0.1) is 0 Å². The molecule has 0 unspecified atom stereocenters. The summed E-state index contributed by atoms with van der Waals surface area (Å²) in [6, 6.07) is 15.6. The number of nitrogens with one attached hydrogen (secondary N) is 1. The molecular weight excluding hydrogens is 444 g/mol. The molecule has 1 amide bonds. The molecule has 0 fully saturated rings. The topological polar surface area (TPSA) is 146 Å². The predicted molar refractivity (Wildman–Crippen MR) is 123 cm³/mol. The number of rotatable bonds is 9. The second kappa shape index (κ2) is 10.7. The molecule has 174 valence electrons. The van der Waals surface area contributed by atoms with Crippen LogP contribution in [0.4, 0.5) is 11.4 Å². The van der Waals surface area contributed by atoms with E-state index in [4.69, 9.17) is 9.47 Å². The van der Waals surface area contributed by atoms with E-state index in [-0.39, 0.29) is 12.2 Å². The monoisotopic (exact) mass is 464 g/mol. The van der Waals surface area contributed by atoms with Gasteiger partial charge in [0.15, 0.2) is 11.5 Å². The normalized spacial score (nSPS) is 10.6. The zero-order chi connectivity index (χ0) is 24.7. The fraction of sp³-hybridized carbons (Fsp3) is 0.130. The Balaban J connectivity index is 1.80. The molecule has 11 nitrogen and oxygen atoms in total. The molecule has 0 aliphatic rings. The lowest BCUT2D eigenvalue weighted by Gasteiger charge is -2.13. The maximum absolute atomic E-state index is 12.4. The number of hydrogen-bond donors (Lipinski definition) is 1. The van der Waals surface area contributed by atoms with Gasteiger partial charge >= 0.3 is 0 Å². The van der Waals surface area contributed by atoms with Crippen molar-refractivity contribution in [3.05, 3.63) is 103 Å². The lowest BCUT2D eigenvalue weighted by atomic mass is 10.1. The molecule has 0 aliphatic heterocycles. The first-order valence-corrected chi connectivity index (χ1v) is 9.91. The van der Waals surface area contributed by atoms with E-state index in [1.807, 2.05) is 31.2 Å². The smallest absolute Gasteiger partial charge is 0.277 e. The number of nitro groups is 2. The molecule has 0 radical (unpaired) electrons. The first-order chi connectivity index (χ1) is 16.3. The largest absolute Gasteiger partial charge is 0.493 e. The third-order valence-electron chi connectivity index (χ3n) is 4.65. The summed E-state index contributed by atoms with van der Waals surface area (Å²) < 4.78 is 11.3. The second-order valence-corrected chi connectivity index (χ2v) is 7.11. The highest BCUT2D eigenvalue weighted by molar-refractivity contribution is 5.96. The Bertz CT molecular complexity index is 1240. The van der Waals surface area contributed by atoms with E-state index in [2.05, 4.69) is 10.5 Å². The van der Waals surface area contributed by atoms with E-state index >= 15 is 0 Å². The van der Waals surface area contributed by atoms with Gasteiger partial charge in [-0.3, -0.25) is 25.0 Å². The van der Waals surface area contributed by atoms with Gasteiger partial charge in [0.2, 0.25) is 0 Å². The molecule has 0 saturated carbocycles. The van der Waals surface area contributed by atoms with Crippen LogP contribution >= 0.6 is 0 Å². The van der Waals surface area contributed by atoms with Crippen LogP contribution in [0.3, 0.4) is 0 Å². The molecule has 1 N–H and O–H groups in total. The lowest BCUT2D eigenvalue weighted by Crippen LogP contribution is -2.18. The molecule has 0 aromatic heterocycles. The van der Waals surface area contributed by atoms with Crippen molar-refractivity contribution in [2.24, 2.45) is 5.10 Å². The summed E-state index contributed by atoms with van der Waals surface area (Å²) in [6.45, 7) is 2.25. The SMILES string of the molecule is COc1cccc(C=NNC(=O)c2cc([N+](=O)[O-])cc([N+](=O)[O-])c2)c1OCc1cccc(C)c1. The molecular formula is C23H20N4O7. The number of non-ortho nitro benzene ring substituents is 2. The summed E-state index contributed by atoms with van der Waals surface area (Å²) in [6.07, 6.45) is 1.32. The molecule has 0 aliphatic carbocycles. The second-order valence-electron chi connectivity index (χ2n) is 7.11. The number of aryl methyl sites for hydroxylation is 1. The van der Waals surface area contributed by atoms with Crippen molar-refractivity contribution < 1.29 is 24.1 Å². The first kappa shape index (κ1) is 23.9. The van der Waals surface area contributed by atoms with Crippen molar-refractivity contribution in [2.45, 2.75) is 13.5 Å². The molecule has 0 atom stereocenters. The number of carbonyl (C=O) groups excluding carboxylic acids is 1. The standard InChI is InChI=1S/C23H20N4O7/c1-15-5-3-6-16(9-15)14-34-22-17(7-4-8-21(22)33-2)13-24-25-23(28)18-10-19(26(29)30)12-20(11-18)27(31)32/h3-13H,14H2,1-2H3,(H,25,28). The van der Waals surface area contributed by atoms with Crippen LogP contribution < -0.4 is 14.9 Å². The van der Waals surface area contributed by atoms with E-state index in [0.29, 0.717) is 17.1 Å². The minimum Gasteiger partial charge on any atom is -0.493 e. The number of methoxy groups -OCH3 is 1. The van der Waals surface area contributed by atoms with E-state index in [9.17, 15) is 25.0 Å². The maximum Gasteiger partial charge on any atom is 0.277 e. The van der Waals surface area contributed by atoms with E-state index in [0.717, 1.165) is 29.3 Å². The van der Waals surface area contributed by atoms with Gasteiger partial charge in [-0.1, -0.05) is 35.9 Å². The average molecular weight is 464 g/mol. The van der Waals surface area contributed by atoms with Gasteiger partial charge in [0.1, 0.15) is 6.61 Å². The third kappa shape index (κ3) is 5.91. The molecule has 0 spiro atoms. The Labute approximate surface area is 193 Å². The number of hydrogen-bond acceptors (Lipinski definition) is 8. The van der Waals surface area contributed by atoms with Crippen LogP contribution in [0, 0.1) is 27.2 Å². The number of nitrogens with zero attached hydrogens (tertiary/aromatic N) is 3. The van der Waals surface area contributed by atoms with E-state index in [1.54, 1.807) is 18.2 Å². The van der Waals surface area contributed by atoms with Crippen LogP contribution in [0.2, 0.25) is 0 Å². The number of benzene rings is 3. The summed E-state index contributed by atoms with van der Waals surface area (Å²) in [5.74, 6) is 0.000839. The Morgan fingerprint density at radius 2 is 1.71 bits per heavy atom. The molecule has 0 bridgehead atoms. The van der Waals surface area contributed by atoms with Gasteiger partial charge in [-0.25, -0.2) is 5.43 Å².